The van der Waals surface area contributed by atoms with Crippen LogP contribution < -0.4 is 5.43 Å². The van der Waals surface area contributed by atoms with Crippen molar-refractivity contribution in [2.75, 3.05) is 0 Å². The van der Waals surface area contributed by atoms with Gasteiger partial charge < -0.3 is 4.98 Å². The Labute approximate surface area is 93.1 Å². The maximum Gasteiger partial charge on any atom is 0.200 e. The van der Waals surface area contributed by atoms with Crippen LogP contribution in [0.3, 0.4) is 0 Å². The van der Waals surface area contributed by atoms with E-state index in [0.717, 1.165) is 16.6 Å². The van der Waals surface area contributed by atoms with Crippen molar-refractivity contribution in [1.29, 1.82) is 0 Å². The lowest BCUT2D eigenvalue weighted by atomic mass is 10.0. The van der Waals surface area contributed by atoms with Gasteiger partial charge in [0.25, 0.3) is 0 Å². The Bertz CT molecular complexity index is 638. The molecular weight excluding hydrogens is 202 g/mol. The fraction of sp³-hybridized carbons (Fsp3) is 0.231. The van der Waals surface area contributed by atoms with Crippen LogP contribution in [-0.2, 0) is 0 Å². The third kappa shape index (κ3) is 1.54. The van der Waals surface area contributed by atoms with Crippen LogP contribution in [0.25, 0.3) is 10.9 Å². The number of nitrogens with one attached hydrogen (secondary N) is 1. The molecule has 1 N–H and O–H groups in total. The molecule has 1 heterocycles. The van der Waals surface area contributed by atoms with Gasteiger partial charge in [0.05, 0.1) is 5.56 Å². The minimum atomic E-state index is -0.205. The Morgan fingerprint density at radius 3 is 2.56 bits per heavy atom. The monoisotopic (exact) mass is 215 g/mol. The summed E-state index contributed by atoms with van der Waals surface area (Å²) >= 11 is 0. The van der Waals surface area contributed by atoms with Gasteiger partial charge in [-0.25, -0.2) is 0 Å². The Morgan fingerprint density at radius 2 is 1.94 bits per heavy atom. The summed E-state index contributed by atoms with van der Waals surface area (Å²) in [5, 5.41) is 0.610. The van der Waals surface area contributed by atoms with Crippen LogP contribution in [0.15, 0.2) is 23.1 Å². The van der Waals surface area contributed by atoms with Gasteiger partial charge in [0.1, 0.15) is 0 Å². The van der Waals surface area contributed by atoms with E-state index in [4.69, 9.17) is 0 Å². The summed E-state index contributed by atoms with van der Waals surface area (Å²) in [6.07, 6.45) is 1.49. The number of rotatable bonds is 1. The molecule has 0 saturated heterocycles. The second-order valence-electron chi connectivity index (χ2n) is 4.09. The number of aromatic amines is 1. The topological polar surface area (TPSA) is 49.9 Å². The number of aryl methyl sites for hydroxylation is 2. The molecule has 82 valence electrons. The summed E-state index contributed by atoms with van der Waals surface area (Å²) in [6, 6.07) is 3.86. The first-order valence-corrected chi connectivity index (χ1v) is 5.14. The molecule has 0 radical (unpaired) electrons. The number of Topliss-reactive ketones (excluding diaryl/α,β-unsaturated/α-hetero) is 1. The predicted octanol–water partition coefficient (Wildman–Crippen LogP) is 2.35. The van der Waals surface area contributed by atoms with Gasteiger partial charge >= 0.3 is 0 Å². The maximum atomic E-state index is 12.1. The second-order valence-corrected chi connectivity index (χ2v) is 4.09. The molecule has 0 spiro atoms. The smallest absolute Gasteiger partial charge is 0.200 e. The van der Waals surface area contributed by atoms with Crippen LogP contribution >= 0.6 is 0 Å². The van der Waals surface area contributed by atoms with Crippen molar-refractivity contribution >= 4 is 16.7 Å². The molecule has 2 rings (SSSR count). The van der Waals surface area contributed by atoms with Crippen molar-refractivity contribution in [2.45, 2.75) is 20.8 Å². The Hall–Kier alpha value is -1.90. The van der Waals surface area contributed by atoms with E-state index in [0.29, 0.717) is 5.39 Å². The highest BCUT2D eigenvalue weighted by Crippen LogP contribution is 2.15. The number of H-pyrrole nitrogens is 1. The van der Waals surface area contributed by atoms with Crippen molar-refractivity contribution in [3.63, 3.8) is 0 Å². The Balaban J connectivity index is 2.95. The van der Waals surface area contributed by atoms with Crippen molar-refractivity contribution < 1.29 is 4.79 Å². The molecule has 16 heavy (non-hydrogen) atoms. The average Bonchev–Trinajstić information content (AvgIpc) is 2.15. The summed E-state index contributed by atoms with van der Waals surface area (Å²) < 4.78 is 0. The fourth-order valence-corrected chi connectivity index (χ4v) is 1.99. The summed E-state index contributed by atoms with van der Waals surface area (Å²) in [7, 11) is 0. The lowest BCUT2D eigenvalue weighted by Crippen LogP contribution is -2.14. The number of ketones is 1. The quantitative estimate of drug-likeness (QED) is 0.742. The summed E-state index contributed by atoms with van der Waals surface area (Å²) in [5.74, 6) is -0.205. The Kier molecular flexibility index (Phi) is 2.38. The zero-order chi connectivity index (χ0) is 11.9. The highest BCUT2D eigenvalue weighted by molar-refractivity contribution is 5.97. The SMILES string of the molecule is CC(=O)c1c[nH]c2cc(C)cc(C)c2c1=O. The van der Waals surface area contributed by atoms with Gasteiger partial charge in [-0.1, -0.05) is 6.07 Å². The Morgan fingerprint density at radius 1 is 1.25 bits per heavy atom. The van der Waals surface area contributed by atoms with E-state index in [1.54, 1.807) is 0 Å². The van der Waals surface area contributed by atoms with Gasteiger partial charge in [-0.15, -0.1) is 0 Å². The van der Waals surface area contributed by atoms with Crippen LogP contribution in [0.5, 0.6) is 0 Å². The van der Waals surface area contributed by atoms with Crippen molar-refractivity contribution in [1.82, 2.24) is 4.98 Å². The van der Waals surface area contributed by atoms with Crippen LogP contribution in [0.2, 0.25) is 0 Å². The van der Waals surface area contributed by atoms with Gasteiger partial charge in [0.15, 0.2) is 11.2 Å². The van der Waals surface area contributed by atoms with Gasteiger partial charge in [-0.05, 0) is 38.0 Å². The highest BCUT2D eigenvalue weighted by Gasteiger charge is 2.10. The normalized spacial score (nSPS) is 10.7. The minimum Gasteiger partial charge on any atom is -0.360 e. The van der Waals surface area contributed by atoms with E-state index >= 15 is 0 Å². The number of carbonyl (C=O) groups excluding carboxylic acids is 1. The number of hydrogen-bond acceptors (Lipinski definition) is 2. The zero-order valence-corrected chi connectivity index (χ0v) is 9.55. The van der Waals surface area contributed by atoms with Crippen molar-refractivity contribution in [3.05, 3.63) is 45.2 Å². The minimum absolute atomic E-state index is 0.182. The first-order chi connectivity index (χ1) is 7.50. The van der Waals surface area contributed by atoms with Crippen LogP contribution in [0, 0.1) is 13.8 Å². The largest absolute Gasteiger partial charge is 0.360 e. The molecule has 0 fully saturated rings. The van der Waals surface area contributed by atoms with E-state index in [9.17, 15) is 9.59 Å². The molecular formula is C13H13NO2. The number of fused-ring (bicyclic) bond motifs is 1. The lowest BCUT2D eigenvalue weighted by molar-refractivity contribution is 0.101. The number of benzene rings is 1. The van der Waals surface area contributed by atoms with E-state index in [-0.39, 0.29) is 16.8 Å². The molecule has 0 bridgehead atoms. The first-order valence-electron chi connectivity index (χ1n) is 5.14. The zero-order valence-electron chi connectivity index (χ0n) is 9.55. The summed E-state index contributed by atoms with van der Waals surface area (Å²) in [5.41, 5.74) is 2.82. The molecule has 0 aliphatic heterocycles. The summed E-state index contributed by atoms with van der Waals surface area (Å²) in [6.45, 7) is 5.26. The third-order valence-electron chi connectivity index (χ3n) is 2.70. The molecule has 2 aromatic rings. The molecule has 0 unspecified atom stereocenters. The van der Waals surface area contributed by atoms with Crippen LogP contribution in [0.4, 0.5) is 0 Å². The third-order valence-corrected chi connectivity index (χ3v) is 2.70. The van der Waals surface area contributed by atoms with Gasteiger partial charge in [0.2, 0.25) is 0 Å². The molecule has 3 nitrogen and oxygen atoms in total. The second kappa shape index (κ2) is 3.59. The number of aromatic nitrogens is 1. The van der Waals surface area contributed by atoms with E-state index in [1.165, 1.54) is 13.1 Å². The molecule has 0 atom stereocenters. The van der Waals surface area contributed by atoms with E-state index in [1.807, 2.05) is 26.0 Å². The van der Waals surface area contributed by atoms with Crippen molar-refractivity contribution in [3.8, 4) is 0 Å². The van der Waals surface area contributed by atoms with Crippen LogP contribution in [0.1, 0.15) is 28.4 Å². The molecule has 0 amide bonds. The molecule has 1 aromatic heterocycles. The average molecular weight is 215 g/mol. The molecule has 0 aliphatic rings. The lowest BCUT2D eigenvalue weighted by Gasteiger charge is -2.05. The fourth-order valence-electron chi connectivity index (χ4n) is 1.99. The van der Waals surface area contributed by atoms with E-state index in [2.05, 4.69) is 4.98 Å². The maximum absolute atomic E-state index is 12.1. The van der Waals surface area contributed by atoms with Crippen molar-refractivity contribution in [2.24, 2.45) is 0 Å². The van der Waals surface area contributed by atoms with E-state index < -0.39 is 0 Å². The number of carbonyl (C=O) groups is 1. The standard InChI is InChI=1S/C13H13NO2/c1-7-4-8(2)12-11(5-7)14-6-10(9(3)15)13(12)16/h4-6H,1-3H3,(H,14,16). The van der Waals surface area contributed by atoms with Gasteiger partial charge in [-0.3, -0.25) is 9.59 Å². The molecule has 1 aromatic carbocycles. The first kappa shape index (κ1) is 10.6. The molecule has 3 heteroatoms. The highest BCUT2D eigenvalue weighted by atomic mass is 16.1. The predicted molar refractivity (Wildman–Crippen MR) is 64.0 cm³/mol. The summed E-state index contributed by atoms with van der Waals surface area (Å²) in [4.78, 5) is 26.3. The number of hydrogen-bond donors (Lipinski definition) is 1. The van der Waals surface area contributed by atoms with Gasteiger partial charge in [0, 0.05) is 17.1 Å². The molecule has 0 aliphatic carbocycles. The van der Waals surface area contributed by atoms with Gasteiger partial charge in [-0.2, -0.15) is 0 Å². The van der Waals surface area contributed by atoms with Crippen LogP contribution in [-0.4, -0.2) is 10.8 Å². The number of pyridine rings is 1. The molecule has 0 saturated carbocycles.